The standard InChI is InChI=1S/C34H35F6N5O5S/c35-33(36,37)27-18-26(19-28(21-27)34(38,39)40)32(48)44-16-5-2-6-17-45-51(49,50)29-9-7-8-25(20-29)31(47)43-15-4-1-3-14-42-30(46)24-12-10-23(22-41)11-13-24/h7-13,18-21,45H,1-6,14-17H2,(H,42,46)(H,43,47)(H,44,48). The zero-order valence-corrected chi connectivity index (χ0v) is 27.9. The van der Waals surface area contributed by atoms with Crippen molar-refractivity contribution in [1.29, 1.82) is 5.26 Å². The Hall–Kier alpha value is -4.95. The molecule has 0 aromatic heterocycles. The monoisotopic (exact) mass is 739 g/mol. The Bertz CT molecular complexity index is 1790. The van der Waals surface area contributed by atoms with Crippen molar-refractivity contribution in [3.05, 3.63) is 100 Å². The van der Waals surface area contributed by atoms with Gasteiger partial charge in [-0.2, -0.15) is 31.6 Å². The van der Waals surface area contributed by atoms with Gasteiger partial charge in [-0.15, -0.1) is 0 Å². The molecule has 3 amide bonds. The highest BCUT2D eigenvalue weighted by Crippen LogP contribution is 2.36. The number of sulfonamides is 1. The first-order valence-electron chi connectivity index (χ1n) is 15.8. The molecule has 17 heteroatoms. The zero-order valence-electron chi connectivity index (χ0n) is 27.1. The summed E-state index contributed by atoms with van der Waals surface area (Å²) < 4.78 is 106. The van der Waals surface area contributed by atoms with Crippen molar-refractivity contribution in [3.63, 3.8) is 0 Å². The van der Waals surface area contributed by atoms with Gasteiger partial charge >= 0.3 is 12.4 Å². The third kappa shape index (κ3) is 13.0. The molecule has 0 spiro atoms. The molecule has 3 aromatic carbocycles. The molecular formula is C34H35F6N5O5S. The number of unbranched alkanes of at least 4 members (excludes halogenated alkanes) is 4. The number of benzene rings is 3. The van der Waals surface area contributed by atoms with Crippen LogP contribution in [0.15, 0.2) is 71.6 Å². The molecule has 0 heterocycles. The van der Waals surface area contributed by atoms with Gasteiger partial charge in [-0.25, -0.2) is 13.1 Å². The Balaban J connectivity index is 1.34. The van der Waals surface area contributed by atoms with Crippen molar-refractivity contribution < 1.29 is 49.1 Å². The van der Waals surface area contributed by atoms with E-state index in [2.05, 4.69) is 20.7 Å². The van der Waals surface area contributed by atoms with E-state index in [-0.39, 0.29) is 41.9 Å². The number of halogens is 6. The summed E-state index contributed by atoms with van der Waals surface area (Å²) in [5.41, 5.74) is -2.97. The largest absolute Gasteiger partial charge is 0.416 e. The van der Waals surface area contributed by atoms with Gasteiger partial charge in [0.2, 0.25) is 10.0 Å². The van der Waals surface area contributed by atoms with Crippen LogP contribution in [0.2, 0.25) is 0 Å². The Morgan fingerprint density at radius 1 is 0.588 bits per heavy atom. The van der Waals surface area contributed by atoms with E-state index < -0.39 is 50.9 Å². The van der Waals surface area contributed by atoms with Gasteiger partial charge in [-0.05, 0) is 92.8 Å². The molecule has 0 saturated heterocycles. The summed E-state index contributed by atoms with van der Waals surface area (Å²) in [7, 11) is -3.99. The van der Waals surface area contributed by atoms with Gasteiger partial charge in [-0.1, -0.05) is 12.5 Å². The van der Waals surface area contributed by atoms with E-state index in [1.54, 1.807) is 24.3 Å². The molecule has 51 heavy (non-hydrogen) atoms. The summed E-state index contributed by atoms with van der Waals surface area (Å²) in [6.45, 7) is 0.668. The predicted molar refractivity (Wildman–Crippen MR) is 174 cm³/mol. The van der Waals surface area contributed by atoms with E-state index in [1.165, 1.54) is 24.3 Å². The molecule has 0 unspecified atom stereocenters. The fourth-order valence-corrected chi connectivity index (χ4v) is 5.76. The number of nitrogens with one attached hydrogen (secondary N) is 4. The SMILES string of the molecule is N#Cc1ccc(C(=O)NCCCCCNC(=O)c2cccc(S(=O)(=O)NCCCCCNC(=O)c3cc(C(F)(F)F)cc(C(F)(F)F)c3)c2)cc1. The Morgan fingerprint density at radius 3 is 1.55 bits per heavy atom. The molecule has 0 atom stereocenters. The lowest BCUT2D eigenvalue weighted by Gasteiger charge is -2.14. The van der Waals surface area contributed by atoms with E-state index in [0.717, 1.165) is 0 Å². The van der Waals surface area contributed by atoms with Gasteiger partial charge in [0.05, 0.1) is 27.7 Å². The van der Waals surface area contributed by atoms with Gasteiger partial charge in [0, 0.05) is 42.9 Å². The van der Waals surface area contributed by atoms with Crippen LogP contribution in [-0.4, -0.2) is 52.3 Å². The van der Waals surface area contributed by atoms with Crippen LogP contribution in [-0.2, 0) is 22.4 Å². The van der Waals surface area contributed by atoms with Gasteiger partial charge in [-0.3, -0.25) is 14.4 Å². The smallest absolute Gasteiger partial charge is 0.352 e. The number of hydrogen-bond acceptors (Lipinski definition) is 6. The average Bonchev–Trinajstić information content (AvgIpc) is 3.09. The van der Waals surface area contributed by atoms with Crippen molar-refractivity contribution >= 4 is 27.7 Å². The van der Waals surface area contributed by atoms with Crippen molar-refractivity contribution in [2.75, 3.05) is 26.2 Å². The number of hydrogen-bond donors (Lipinski definition) is 4. The van der Waals surface area contributed by atoms with Crippen LogP contribution in [0.1, 0.15) is 86.3 Å². The van der Waals surface area contributed by atoms with E-state index in [4.69, 9.17) is 5.26 Å². The minimum atomic E-state index is -5.09. The van der Waals surface area contributed by atoms with Crippen LogP contribution in [0.4, 0.5) is 26.3 Å². The minimum Gasteiger partial charge on any atom is -0.352 e. The maximum absolute atomic E-state index is 13.0. The van der Waals surface area contributed by atoms with Gasteiger partial charge < -0.3 is 16.0 Å². The van der Waals surface area contributed by atoms with Gasteiger partial charge in [0.1, 0.15) is 0 Å². The second-order valence-electron chi connectivity index (χ2n) is 11.3. The van der Waals surface area contributed by atoms with Crippen molar-refractivity contribution in [2.24, 2.45) is 0 Å². The first-order valence-corrected chi connectivity index (χ1v) is 17.2. The molecule has 0 saturated carbocycles. The predicted octanol–water partition coefficient (Wildman–Crippen LogP) is 5.80. The molecule has 4 N–H and O–H groups in total. The molecule has 10 nitrogen and oxygen atoms in total. The number of nitrogens with zero attached hydrogens (tertiary/aromatic N) is 1. The fourth-order valence-electron chi connectivity index (χ4n) is 4.64. The number of nitriles is 1. The van der Waals surface area contributed by atoms with Crippen LogP contribution in [0, 0.1) is 11.3 Å². The lowest BCUT2D eigenvalue weighted by molar-refractivity contribution is -0.143. The molecular weight excluding hydrogens is 704 g/mol. The highest BCUT2D eigenvalue weighted by atomic mass is 32.2. The summed E-state index contributed by atoms with van der Waals surface area (Å²) in [6, 6.07) is 14.3. The van der Waals surface area contributed by atoms with E-state index >= 15 is 0 Å². The Kier molecular flexibility index (Phi) is 14.6. The number of amides is 3. The third-order valence-corrected chi connectivity index (χ3v) is 8.85. The molecule has 0 bridgehead atoms. The fraction of sp³-hybridized carbons (Fsp3) is 0.353. The van der Waals surface area contributed by atoms with E-state index in [1.807, 2.05) is 6.07 Å². The highest BCUT2D eigenvalue weighted by Gasteiger charge is 2.37. The quantitative estimate of drug-likeness (QED) is 0.101. The molecule has 3 aromatic rings. The third-order valence-electron chi connectivity index (χ3n) is 7.39. The summed E-state index contributed by atoms with van der Waals surface area (Å²) in [6.07, 6.45) is -7.25. The number of carbonyl (C=O) groups excluding carboxylic acids is 3. The molecule has 0 aliphatic heterocycles. The van der Waals surface area contributed by atoms with Gasteiger partial charge in [0.25, 0.3) is 17.7 Å². The lowest BCUT2D eigenvalue weighted by atomic mass is 10.0. The second kappa shape index (κ2) is 18.3. The first kappa shape index (κ1) is 40.5. The Morgan fingerprint density at radius 2 is 1.06 bits per heavy atom. The molecule has 0 aliphatic carbocycles. The maximum Gasteiger partial charge on any atom is 0.416 e. The topological polar surface area (TPSA) is 157 Å². The minimum absolute atomic E-state index is 0.0107. The summed E-state index contributed by atoms with van der Waals surface area (Å²) in [4.78, 5) is 36.9. The van der Waals surface area contributed by atoms with Gasteiger partial charge in [0.15, 0.2) is 0 Å². The number of alkyl halides is 6. The van der Waals surface area contributed by atoms with Crippen molar-refractivity contribution in [1.82, 2.24) is 20.7 Å². The van der Waals surface area contributed by atoms with E-state index in [0.29, 0.717) is 68.5 Å². The normalized spacial score (nSPS) is 11.8. The van der Waals surface area contributed by atoms with Crippen LogP contribution < -0.4 is 20.7 Å². The maximum atomic E-state index is 13.0. The average molecular weight is 740 g/mol. The molecule has 274 valence electrons. The Labute approximate surface area is 290 Å². The highest BCUT2D eigenvalue weighted by molar-refractivity contribution is 7.89. The van der Waals surface area contributed by atoms with Crippen LogP contribution in [0.5, 0.6) is 0 Å². The molecule has 0 fully saturated rings. The first-order chi connectivity index (χ1) is 24.0. The van der Waals surface area contributed by atoms with E-state index in [9.17, 15) is 49.1 Å². The second-order valence-corrected chi connectivity index (χ2v) is 13.1. The molecule has 0 radical (unpaired) electrons. The number of rotatable bonds is 17. The van der Waals surface area contributed by atoms with Crippen LogP contribution in [0.25, 0.3) is 0 Å². The van der Waals surface area contributed by atoms with Crippen molar-refractivity contribution in [3.8, 4) is 6.07 Å². The summed E-state index contributed by atoms with van der Waals surface area (Å²) in [5, 5.41) is 16.6. The lowest BCUT2D eigenvalue weighted by Crippen LogP contribution is -2.27. The number of carbonyl (C=O) groups is 3. The van der Waals surface area contributed by atoms with Crippen LogP contribution >= 0.6 is 0 Å². The van der Waals surface area contributed by atoms with Crippen molar-refractivity contribution in [2.45, 2.75) is 55.8 Å². The molecule has 0 aliphatic rings. The molecule has 3 rings (SSSR count). The van der Waals surface area contributed by atoms with Crippen LogP contribution in [0.3, 0.4) is 0 Å². The summed E-state index contributed by atoms with van der Waals surface area (Å²) in [5.74, 6) is -1.84. The summed E-state index contributed by atoms with van der Waals surface area (Å²) >= 11 is 0. The zero-order chi connectivity index (χ0) is 37.7.